The highest BCUT2D eigenvalue weighted by Crippen LogP contribution is 2.43. The van der Waals surface area contributed by atoms with Crippen LogP contribution >= 0.6 is 11.3 Å². The van der Waals surface area contributed by atoms with Crippen molar-refractivity contribution in [2.24, 2.45) is 0 Å². The van der Waals surface area contributed by atoms with Crippen LogP contribution in [-0.2, 0) is 16.6 Å². The first-order valence-corrected chi connectivity index (χ1v) is 8.56. The molecule has 1 fully saturated rings. The summed E-state index contributed by atoms with van der Waals surface area (Å²) in [5.74, 6) is 0.170. The third-order valence-electron chi connectivity index (χ3n) is 4.54. The summed E-state index contributed by atoms with van der Waals surface area (Å²) in [6.07, 6.45) is 5.05. The van der Waals surface area contributed by atoms with E-state index in [0.29, 0.717) is 6.42 Å². The van der Waals surface area contributed by atoms with Gasteiger partial charge in [0.2, 0.25) is 5.91 Å². The largest absolute Gasteiger partial charge is 0.355 e. The van der Waals surface area contributed by atoms with E-state index in [1.807, 2.05) is 0 Å². The Bertz CT molecular complexity index is 573. The molecule has 3 rings (SSSR count). The van der Waals surface area contributed by atoms with E-state index in [9.17, 15) is 4.79 Å². The fourth-order valence-electron chi connectivity index (χ4n) is 3.01. The van der Waals surface area contributed by atoms with E-state index < -0.39 is 0 Å². The maximum atomic E-state index is 12.0. The molecule has 1 N–H and O–H groups in total. The molecular weight excluding hydrogens is 278 g/mol. The number of nitrogens with one attached hydrogen (secondary N) is 1. The molecule has 2 aromatic rings. The van der Waals surface area contributed by atoms with Crippen molar-refractivity contribution in [3.05, 3.63) is 58.3 Å². The summed E-state index contributed by atoms with van der Waals surface area (Å²) in [6, 6.07) is 12.7. The van der Waals surface area contributed by atoms with E-state index >= 15 is 0 Å². The van der Waals surface area contributed by atoms with Gasteiger partial charge in [0.05, 0.1) is 0 Å². The first-order chi connectivity index (χ1) is 10.3. The van der Waals surface area contributed by atoms with Gasteiger partial charge in [0, 0.05) is 18.4 Å². The van der Waals surface area contributed by atoms with Gasteiger partial charge in [0.1, 0.15) is 0 Å². The molecule has 1 aliphatic carbocycles. The molecule has 0 radical (unpaired) electrons. The van der Waals surface area contributed by atoms with Gasteiger partial charge < -0.3 is 5.32 Å². The maximum absolute atomic E-state index is 12.0. The Morgan fingerprint density at radius 1 is 1.19 bits per heavy atom. The lowest BCUT2D eigenvalue weighted by molar-refractivity contribution is -0.121. The number of aryl methyl sites for hydroxylation is 1. The van der Waals surface area contributed by atoms with Crippen LogP contribution in [0.15, 0.2) is 47.2 Å². The van der Waals surface area contributed by atoms with Crippen LogP contribution in [0.2, 0.25) is 0 Å². The number of hydrogen-bond donors (Lipinski definition) is 1. The summed E-state index contributed by atoms with van der Waals surface area (Å²) in [7, 11) is 0. The van der Waals surface area contributed by atoms with Crippen LogP contribution < -0.4 is 5.32 Å². The zero-order valence-corrected chi connectivity index (χ0v) is 13.0. The zero-order chi connectivity index (χ0) is 14.5. The molecule has 0 unspecified atom stereocenters. The second-order valence-corrected chi connectivity index (χ2v) is 6.69. The number of benzene rings is 1. The second kappa shape index (κ2) is 6.44. The summed E-state index contributed by atoms with van der Waals surface area (Å²) in [6.45, 7) is 0.777. The van der Waals surface area contributed by atoms with Crippen molar-refractivity contribution >= 4 is 17.2 Å². The Hall–Kier alpha value is -1.61. The highest BCUT2D eigenvalue weighted by Gasteiger charge is 2.38. The SMILES string of the molecule is O=C(CCc1ccsc1)NCC1(c2ccccc2)CCC1. The summed E-state index contributed by atoms with van der Waals surface area (Å²) in [5.41, 5.74) is 2.81. The molecule has 0 atom stereocenters. The minimum atomic E-state index is 0.170. The third-order valence-corrected chi connectivity index (χ3v) is 5.27. The second-order valence-electron chi connectivity index (χ2n) is 5.91. The minimum absolute atomic E-state index is 0.170. The predicted molar refractivity (Wildman–Crippen MR) is 87.6 cm³/mol. The minimum Gasteiger partial charge on any atom is -0.355 e. The standard InChI is InChI=1S/C18H21NOS/c20-17(8-7-15-9-12-21-13-15)19-14-18(10-4-11-18)16-5-2-1-3-6-16/h1-3,5-6,9,12-13H,4,7-8,10-11,14H2,(H,19,20). The van der Waals surface area contributed by atoms with Crippen molar-refractivity contribution in [2.45, 2.75) is 37.5 Å². The number of carbonyl (C=O) groups is 1. The van der Waals surface area contributed by atoms with E-state index in [0.717, 1.165) is 13.0 Å². The molecule has 0 bridgehead atoms. The van der Waals surface area contributed by atoms with Gasteiger partial charge in [0.25, 0.3) is 0 Å². The fourth-order valence-corrected chi connectivity index (χ4v) is 3.71. The van der Waals surface area contributed by atoms with Crippen LogP contribution in [0.3, 0.4) is 0 Å². The maximum Gasteiger partial charge on any atom is 0.220 e. The molecule has 21 heavy (non-hydrogen) atoms. The van der Waals surface area contributed by atoms with Crippen molar-refractivity contribution in [1.82, 2.24) is 5.32 Å². The Balaban J connectivity index is 1.52. The summed E-state index contributed by atoms with van der Waals surface area (Å²) >= 11 is 1.69. The first kappa shape index (κ1) is 14.3. The average molecular weight is 299 g/mol. The van der Waals surface area contributed by atoms with Crippen molar-refractivity contribution in [3.63, 3.8) is 0 Å². The van der Waals surface area contributed by atoms with E-state index in [1.54, 1.807) is 11.3 Å². The van der Waals surface area contributed by atoms with Crippen molar-refractivity contribution in [1.29, 1.82) is 0 Å². The van der Waals surface area contributed by atoms with Crippen LogP contribution in [0.5, 0.6) is 0 Å². The first-order valence-electron chi connectivity index (χ1n) is 7.62. The van der Waals surface area contributed by atoms with E-state index in [2.05, 4.69) is 52.5 Å². The highest BCUT2D eigenvalue weighted by molar-refractivity contribution is 7.07. The molecule has 1 heterocycles. The van der Waals surface area contributed by atoms with Gasteiger partial charge in [0.15, 0.2) is 0 Å². The third kappa shape index (κ3) is 3.35. The lowest BCUT2D eigenvalue weighted by Gasteiger charge is -2.42. The topological polar surface area (TPSA) is 29.1 Å². The molecule has 1 aromatic heterocycles. The monoisotopic (exact) mass is 299 g/mol. The smallest absolute Gasteiger partial charge is 0.220 e. The number of thiophene rings is 1. The molecule has 0 aliphatic heterocycles. The average Bonchev–Trinajstić information content (AvgIpc) is 2.98. The highest BCUT2D eigenvalue weighted by atomic mass is 32.1. The number of hydrogen-bond acceptors (Lipinski definition) is 2. The van der Waals surface area contributed by atoms with Gasteiger partial charge in [-0.3, -0.25) is 4.79 Å². The quantitative estimate of drug-likeness (QED) is 0.860. The normalized spacial score (nSPS) is 16.2. The van der Waals surface area contributed by atoms with Gasteiger partial charge >= 0.3 is 0 Å². The van der Waals surface area contributed by atoms with Crippen molar-refractivity contribution in [3.8, 4) is 0 Å². The van der Waals surface area contributed by atoms with Crippen LogP contribution in [0.1, 0.15) is 36.8 Å². The van der Waals surface area contributed by atoms with Crippen molar-refractivity contribution < 1.29 is 4.79 Å². The summed E-state index contributed by atoms with van der Waals surface area (Å²) < 4.78 is 0. The van der Waals surface area contributed by atoms with E-state index in [4.69, 9.17) is 0 Å². The molecule has 1 aromatic carbocycles. The van der Waals surface area contributed by atoms with Crippen molar-refractivity contribution in [2.75, 3.05) is 6.54 Å². The number of rotatable bonds is 6. The van der Waals surface area contributed by atoms with Crippen LogP contribution in [0.25, 0.3) is 0 Å². The van der Waals surface area contributed by atoms with Crippen LogP contribution in [0.4, 0.5) is 0 Å². The molecule has 0 spiro atoms. The van der Waals surface area contributed by atoms with Gasteiger partial charge in [-0.1, -0.05) is 36.8 Å². The van der Waals surface area contributed by atoms with Gasteiger partial charge in [-0.2, -0.15) is 11.3 Å². The Labute approximate surface area is 130 Å². The Morgan fingerprint density at radius 3 is 2.62 bits per heavy atom. The lowest BCUT2D eigenvalue weighted by Crippen LogP contribution is -2.45. The molecule has 1 aliphatic rings. The summed E-state index contributed by atoms with van der Waals surface area (Å²) in [4.78, 5) is 12.0. The number of amides is 1. The molecular formula is C18H21NOS. The molecule has 0 saturated heterocycles. The van der Waals surface area contributed by atoms with Gasteiger partial charge in [-0.15, -0.1) is 0 Å². The fraction of sp³-hybridized carbons (Fsp3) is 0.389. The van der Waals surface area contributed by atoms with E-state index in [-0.39, 0.29) is 11.3 Å². The number of carbonyl (C=O) groups excluding carboxylic acids is 1. The van der Waals surface area contributed by atoms with E-state index in [1.165, 1.54) is 30.4 Å². The zero-order valence-electron chi connectivity index (χ0n) is 12.2. The predicted octanol–water partition coefficient (Wildman–Crippen LogP) is 3.92. The molecule has 3 heteroatoms. The molecule has 110 valence electrons. The molecule has 1 amide bonds. The Morgan fingerprint density at radius 2 is 2.00 bits per heavy atom. The van der Waals surface area contributed by atoms with Gasteiger partial charge in [-0.05, 0) is 47.2 Å². The van der Waals surface area contributed by atoms with Crippen LogP contribution in [-0.4, -0.2) is 12.5 Å². The summed E-state index contributed by atoms with van der Waals surface area (Å²) in [5, 5.41) is 7.33. The molecule has 2 nitrogen and oxygen atoms in total. The lowest BCUT2D eigenvalue weighted by atomic mass is 9.64. The van der Waals surface area contributed by atoms with Crippen LogP contribution in [0, 0.1) is 0 Å². The van der Waals surface area contributed by atoms with Gasteiger partial charge in [-0.25, -0.2) is 0 Å². The Kier molecular flexibility index (Phi) is 4.39. The molecule has 1 saturated carbocycles.